The monoisotopic (exact) mass is 481 g/mol. The number of ether oxygens (including phenoxy) is 2. The zero-order chi connectivity index (χ0) is 24.4. The quantitative estimate of drug-likeness (QED) is 0.290. The summed E-state index contributed by atoms with van der Waals surface area (Å²) in [4.78, 5) is 19.1. The van der Waals surface area contributed by atoms with E-state index in [1.165, 1.54) is 11.3 Å². The molecule has 174 valence electrons. The molecule has 0 saturated heterocycles. The zero-order valence-electron chi connectivity index (χ0n) is 19.2. The fourth-order valence-corrected chi connectivity index (χ4v) is 5.00. The maximum absolute atomic E-state index is 13.2. The normalized spacial score (nSPS) is 10.8. The van der Waals surface area contributed by atoms with E-state index in [2.05, 4.69) is 5.32 Å². The molecule has 0 spiro atoms. The van der Waals surface area contributed by atoms with Crippen LogP contribution in [-0.2, 0) is 0 Å². The van der Waals surface area contributed by atoms with E-state index >= 15 is 0 Å². The number of thiophene rings is 1. The van der Waals surface area contributed by atoms with Gasteiger partial charge < -0.3 is 20.5 Å². The fraction of sp³-hybridized carbons (Fsp3) is 0.0714. The highest BCUT2D eigenvalue weighted by Crippen LogP contribution is 2.44. The average molecular weight is 482 g/mol. The van der Waals surface area contributed by atoms with Gasteiger partial charge in [0.05, 0.1) is 25.6 Å². The van der Waals surface area contributed by atoms with Crippen LogP contribution in [0.1, 0.15) is 9.67 Å². The number of carbonyl (C=O) groups is 1. The Bertz CT molecular complexity index is 1520. The predicted octanol–water partition coefficient (Wildman–Crippen LogP) is 6.48. The zero-order valence-corrected chi connectivity index (χ0v) is 20.1. The highest BCUT2D eigenvalue weighted by Gasteiger charge is 2.23. The summed E-state index contributed by atoms with van der Waals surface area (Å²) in [5, 5.41) is 3.64. The lowest BCUT2D eigenvalue weighted by atomic mass is 9.98. The highest BCUT2D eigenvalue weighted by molar-refractivity contribution is 7.21. The number of carbonyl (C=O) groups excluding carboxylic acids is 1. The number of nitrogens with one attached hydrogen (secondary N) is 1. The number of fused-ring (bicyclic) bond motifs is 1. The van der Waals surface area contributed by atoms with Gasteiger partial charge in [-0.2, -0.15) is 0 Å². The van der Waals surface area contributed by atoms with Crippen LogP contribution in [0.3, 0.4) is 0 Å². The second-order valence-electron chi connectivity index (χ2n) is 7.83. The minimum Gasteiger partial charge on any atom is -0.497 e. The summed E-state index contributed by atoms with van der Waals surface area (Å²) in [6.07, 6.45) is 0. The lowest BCUT2D eigenvalue weighted by Crippen LogP contribution is -2.11. The smallest absolute Gasteiger partial charge is 0.267 e. The van der Waals surface area contributed by atoms with Crippen LogP contribution in [-0.4, -0.2) is 25.1 Å². The van der Waals surface area contributed by atoms with E-state index in [-0.39, 0.29) is 5.91 Å². The number of pyridine rings is 1. The minimum atomic E-state index is -0.273. The summed E-state index contributed by atoms with van der Waals surface area (Å²) in [7, 11) is 3.23. The molecule has 0 bridgehead atoms. The second-order valence-corrected chi connectivity index (χ2v) is 8.83. The molecule has 3 aromatic carbocycles. The first-order valence-corrected chi connectivity index (χ1v) is 11.8. The predicted molar refractivity (Wildman–Crippen MR) is 142 cm³/mol. The maximum Gasteiger partial charge on any atom is 0.267 e. The molecular weight excluding hydrogens is 458 g/mol. The maximum atomic E-state index is 13.2. The number of para-hydroxylation sites is 1. The molecule has 0 saturated carbocycles. The third-order valence-electron chi connectivity index (χ3n) is 5.71. The van der Waals surface area contributed by atoms with E-state index in [9.17, 15) is 4.79 Å². The number of amides is 1. The molecule has 1 amide bonds. The molecule has 6 nitrogen and oxygen atoms in total. The largest absolute Gasteiger partial charge is 0.497 e. The van der Waals surface area contributed by atoms with Crippen LogP contribution in [0.4, 0.5) is 11.4 Å². The summed E-state index contributed by atoms with van der Waals surface area (Å²) < 4.78 is 11.1. The Labute approximate surface area is 207 Å². The molecule has 2 heterocycles. The minimum absolute atomic E-state index is 0.273. The lowest BCUT2D eigenvalue weighted by molar-refractivity contribution is 0.103. The molecule has 7 heteroatoms. The van der Waals surface area contributed by atoms with Crippen molar-refractivity contribution >= 4 is 38.8 Å². The van der Waals surface area contributed by atoms with Crippen molar-refractivity contribution < 1.29 is 14.3 Å². The van der Waals surface area contributed by atoms with Gasteiger partial charge in [-0.05, 0) is 35.9 Å². The number of methoxy groups -OCH3 is 2. The van der Waals surface area contributed by atoms with E-state index in [0.717, 1.165) is 27.8 Å². The molecule has 2 aromatic heterocycles. The lowest BCUT2D eigenvalue weighted by Gasteiger charge is -2.13. The van der Waals surface area contributed by atoms with Gasteiger partial charge in [-0.1, -0.05) is 48.5 Å². The third kappa shape index (κ3) is 4.29. The Balaban J connectivity index is 1.72. The Morgan fingerprint density at radius 1 is 0.886 bits per heavy atom. The topological polar surface area (TPSA) is 86.5 Å². The van der Waals surface area contributed by atoms with Crippen molar-refractivity contribution in [2.45, 2.75) is 0 Å². The SMILES string of the molecule is COc1ccc(-c2cc(-c3ccccc3)nc3sc(C(=O)Nc4ccccc4)c(N)c23)c(OC)c1. The first-order valence-electron chi connectivity index (χ1n) is 11.0. The third-order valence-corrected chi connectivity index (χ3v) is 6.80. The van der Waals surface area contributed by atoms with Crippen molar-refractivity contribution in [2.75, 3.05) is 25.3 Å². The summed E-state index contributed by atoms with van der Waals surface area (Å²) in [6, 6.07) is 26.8. The summed E-state index contributed by atoms with van der Waals surface area (Å²) >= 11 is 1.28. The fourth-order valence-electron chi connectivity index (χ4n) is 3.99. The molecule has 0 aliphatic rings. The second kappa shape index (κ2) is 9.48. The summed E-state index contributed by atoms with van der Waals surface area (Å²) in [5.74, 6) is 1.04. The van der Waals surface area contributed by atoms with Gasteiger partial charge >= 0.3 is 0 Å². The van der Waals surface area contributed by atoms with E-state index in [1.54, 1.807) is 14.2 Å². The number of aromatic nitrogens is 1. The molecule has 0 radical (unpaired) electrons. The molecule has 5 rings (SSSR count). The van der Waals surface area contributed by atoms with Gasteiger partial charge in [0.2, 0.25) is 0 Å². The summed E-state index contributed by atoms with van der Waals surface area (Å²) in [5.41, 5.74) is 11.1. The van der Waals surface area contributed by atoms with Crippen LogP contribution in [0, 0.1) is 0 Å². The number of rotatable bonds is 6. The molecule has 0 aliphatic carbocycles. The number of nitrogens with two attached hydrogens (primary N) is 1. The van der Waals surface area contributed by atoms with Crippen molar-refractivity contribution in [3.63, 3.8) is 0 Å². The van der Waals surface area contributed by atoms with Crippen molar-refractivity contribution in [3.8, 4) is 33.9 Å². The summed E-state index contributed by atoms with van der Waals surface area (Å²) in [6.45, 7) is 0. The Morgan fingerprint density at radius 3 is 2.29 bits per heavy atom. The van der Waals surface area contributed by atoms with Gasteiger partial charge in [0.25, 0.3) is 5.91 Å². The van der Waals surface area contributed by atoms with Gasteiger partial charge in [0, 0.05) is 28.3 Å². The average Bonchev–Trinajstić information content (AvgIpc) is 3.25. The molecule has 35 heavy (non-hydrogen) atoms. The Hall–Kier alpha value is -4.36. The Morgan fingerprint density at radius 2 is 1.60 bits per heavy atom. The van der Waals surface area contributed by atoms with Gasteiger partial charge in [-0.3, -0.25) is 4.79 Å². The molecule has 0 fully saturated rings. The molecule has 3 N–H and O–H groups in total. The van der Waals surface area contributed by atoms with Crippen molar-refractivity contribution in [3.05, 3.63) is 89.8 Å². The van der Waals surface area contributed by atoms with E-state index in [4.69, 9.17) is 20.2 Å². The van der Waals surface area contributed by atoms with Gasteiger partial charge in [0.15, 0.2) is 0 Å². The first kappa shape index (κ1) is 22.4. The molecular formula is C28H23N3O3S. The van der Waals surface area contributed by atoms with Gasteiger partial charge in [0.1, 0.15) is 21.2 Å². The number of hydrogen-bond acceptors (Lipinski definition) is 6. The number of nitrogens with zero attached hydrogens (tertiary/aromatic N) is 1. The first-order chi connectivity index (χ1) is 17.1. The van der Waals surface area contributed by atoms with Crippen LogP contribution < -0.4 is 20.5 Å². The molecule has 5 aromatic rings. The van der Waals surface area contributed by atoms with Gasteiger partial charge in [-0.25, -0.2) is 4.98 Å². The van der Waals surface area contributed by atoms with E-state index < -0.39 is 0 Å². The van der Waals surface area contributed by atoms with Crippen LogP contribution >= 0.6 is 11.3 Å². The number of anilines is 2. The molecule has 0 aliphatic heterocycles. The molecule has 0 atom stereocenters. The van der Waals surface area contributed by atoms with Crippen LogP contribution in [0.2, 0.25) is 0 Å². The van der Waals surface area contributed by atoms with E-state index in [1.807, 2.05) is 84.9 Å². The van der Waals surface area contributed by atoms with Crippen molar-refractivity contribution in [1.82, 2.24) is 4.98 Å². The van der Waals surface area contributed by atoms with Gasteiger partial charge in [-0.15, -0.1) is 11.3 Å². The van der Waals surface area contributed by atoms with E-state index in [0.29, 0.717) is 32.6 Å². The Kier molecular flexibility index (Phi) is 6.08. The van der Waals surface area contributed by atoms with Crippen molar-refractivity contribution in [2.24, 2.45) is 0 Å². The number of nitrogen functional groups attached to an aromatic ring is 1. The van der Waals surface area contributed by atoms with Crippen LogP contribution in [0.5, 0.6) is 11.5 Å². The standard InChI is InChI=1S/C28H23N3O3S/c1-33-19-13-14-20(23(15-19)34-2)21-16-22(17-9-5-3-6-10-17)31-28-24(21)25(29)26(35-28)27(32)30-18-11-7-4-8-12-18/h3-16H,29H2,1-2H3,(H,30,32). The number of benzene rings is 3. The van der Waals surface area contributed by atoms with Crippen LogP contribution in [0.15, 0.2) is 84.9 Å². The molecule has 0 unspecified atom stereocenters. The number of hydrogen-bond donors (Lipinski definition) is 2. The highest BCUT2D eigenvalue weighted by atomic mass is 32.1. The van der Waals surface area contributed by atoms with Crippen molar-refractivity contribution in [1.29, 1.82) is 0 Å². The van der Waals surface area contributed by atoms with Crippen LogP contribution in [0.25, 0.3) is 32.6 Å².